The second-order valence-electron chi connectivity index (χ2n) is 7.91. The normalized spacial score (nSPS) is 15.0. The summed E-state index contributed by atoms with van der Waals surface area (Å²) in [6.07, 6.45) is 7.31. The first-order valence-electron chi connectivity index (χ1n) is 10.2. The lowest BCUT2D eigenvalue weighted by Crippen LogP contribution is -2.40. The molecule has 2 amide bonds. The van der Waals surface area contributed by atoms with Crippen molar-refractivity contribution in [1.29, 1.82) is 5.26 Å². The Morgan fingerprint density at radius 3 is 2.48 bits per heavy atom. The predicted octanol–water partition coefficient (Wildman–Crippen LogP) is 2.50. The van der Waals surface area contributed by atoms with Crippen LogP contribution in [0.25, 0.3) is 5.57 Å². The van der Waals surface area contributed by atoms with Crippen molar-refractivity contribution in [2.75, 3.05) is 0 Å². The zero-order valence-corrected chi connectivity index (χ0v) is 18.7. The molecule has 0 spiro atoms. The number of rotatable bonds is 8. The third kappa shape index (κ3) is 6.51. The van der Waals surface area contributed by atoms with Crippen LogP contribution in [0.15, 0.2) is 40.4 Å². The first kappa shape index (κ1) is 23.8. The second-order valence-corrected chi connectivity index (χ2v) is 7.91. The Bertz CT molecular complexity index is 1060. The fourth-order valence-corrected chi connectivity index (χ4v) is 3.05. The first-order valence-corrected chi connectivity index (χ1v) is 10.2. The van der Waals surface area contributed by atoms with Gasteiger partial charge in [-0.15, -0.1) is 0 Å². The van der Waals surface area contributed by atoms with E-state index in [4.69, 9.17) is 5.26 Å². The van der Waals surface area contributed by atoms with Crippen LogP contribution in [-0.4, -0.2) is 26.9 Å². The highest BCUT2D eigenvalue weighted by atomic mass is 16.2. The van der Waals surface area contributed by atoms with E-state index in [1.807, 2.05) is 32.9 Å². The van der Waals surface area contributed by atoms with Crippen molar-refractivity contribution in [3.8, 4) is 6.07 Å². The zero-order valence-electron chi connectivity index (χ0n) is 18.7. The van der Waals surface area contributed by atoms with Crippen LogP contribution < -0.4 is 16.2 Å². The maximum atomic E-state index is 12.8. The van der Waals surface area contributed by atoms with Crippen molar-refractivity contribution >= 4 is 17.4 Å². The third-order valence-corrected chi connectivity index (χ3v) is 4.82. The number of hydrogen-bond acceptors (Lipinski definition) is 5. The van der Waals surface area contributed by atoms with Gasteiger partial charge >= 0.3 is 0 Å². The van der Waals surface area contributed by atoms with E-state index in [0.29, 0.717) is 42.1 Å². The van der Waals surface area contributed by atoms with E-state index in [2.05, 4.69) is 21.7 Å². The molecular weight excluding hydrogens is 394 g/mol. The van der Waals surface area contributed by atoms with Crippen molar-refractivity contribution in [1.82, 2.24) is 20.2 Å². The average molecular weight is 424 g/mol. The second kappa shape index (κ2) is 10.0. The lowest BCUT2D eigenvalue weighted by molar-refractivity contribution is -0.122. The highest BCUT2D eigenvalue weighted by molar-refractivity contribution is 5.82. The van der Waals surface area contributed by atoms with Gasteiger partial charge in [-0.2, -0.15) is 5.26 Å². The largest absolute Gasteiger partial charge is 0.336 e. The molecule has 0 saturated heterocycles. The number of amides is 2. The van der Waals surface area contributed by atoms with Crippen LogP contribution in [0.4, 0.5) is 0 Å². The van der Waals surface area contributed by atoms with Gasteiger partial charge in [0.25, 0.3) is 5.56 Å². The lowest BCUT2D eigenvalue weighted by atomic mass is 10.1. The van der Waals surface area contributed by atoms with Gasteiger partial charge in [-0.25, -0.2) is 4.98 Å². The molecule has 0 aliphatic heterocycles. The summed E-state index contributed by atoms with van der Waals surface area (Å²) in [4.78, 5) is 41.4. The summed E-state index contributed by atoms with van der Waals surface area (Å²) in [6, 6.07) is 3.45. The molecule has 164 valence electrons. The molecule has 0 unspecified atom stereocenters. The molecule has 8 nitrogen and oxygen atoms in total. The van der Waals surface area contributed by atoms with Gasteiger partial charge in [0.1, 0.15) is 17.9 Å². The smallest absolute Gasteiger partial charge is 0.254 e. The zero-order chi connectivity index (χ0) is 23.2. The standard InChI is InChI=1S/C23H29N5O3/c1-6-7-18(19(26-17(5)29)9-8-15(2)3)20-12-22(31)28(16(4)25-20)13-21(30)27-23(14-24)10-11-23/h6-8,12H,9-11,13H2,1-5H3,(H,26,29)(H,27,30)/b7-6-,19-18-. The summed E-state index contributed by atoms with van der Waals surface area (Å²) in [5, 5.41) is 14.7. The lowest BCUT2D eigenvalue weighted by Gasteiger charge is -2.15. The minimum atomic E-state index is -0.790. The maximum Gasteiger partial charge on any atom is 0.254 e. The van der Waals surface area contributed by atoms with Crippen LogP contribution in [0.1, 0.15) is 58.5 Å². The Morgan fingerprint density at radius 2 is 2.00 bits per heavy atom. The fraction of sp³-hybridized carbons (Fsp3) is 0.435. The van der Waals surface area contributed by atoms with Gasteiger partial charge in [0.2, 0.25) is 11.8 Å². The molecule has 8 heteroatoms. The number of aryl methyl sites for hydroxylation is 1. The molecule has 2 N–H and O–H groups in total. The Hall–Kier alpha value is -3.47. The number of carbonyl (C=O) groups is 2. The number of carbonyl (C=O) groups excluding carboxylic acids is 2. The van der Waals surface area contributed by atoms with E-state index in [-0.39, 0.29) is 18.0 Å². The molecule has 0 atom stereocenters. The molecule has 1 fully saturated rings. The maximum absolute atomic E-state index is 12.8. The Labute approximate surface area is 182 Å². The predicted molar refractivity (Wildman–Crippen MR) is 119 cm³/mol. The van der Waals surface area contributed by atoms with Gasteiger partial charge in [0, 0.05) is 30.7 Å². The molecule has 2 rings (SSSR count). The van der Waals surface area contributed by atoms with E-state index < -0.39 is 11.4 Å². The van der Waals surface area contributed by atoms with Gasteiger partial charge in [-0.1, -0.05) is 23.8 Å². The summed E-state index contributed by atoms with van der Waals surface area (Å²) >= 11 is 0. The Kier molecular flexibility index (Phi) is 7.70. The first-order chi connectivity index (χ1) is 14.6. The molecule has 0 radical (unpaired) electrons. The fourth-order valence-electron chi connectivity index (χ4n) is 3.05. The minimum absolute atomic E-state index is 0.208. The summed E-state index contributed by atoms with van der Waals surface area (Å²) < 4.78 is 1.27. The van der Waals surface area contributed by atoms with Crippen molar-refractivity contribution in [3.05, 3.63) is 57.4 Å². The summed E-state index contributed by atoms with van der Waals surface area (Å²) in [6.45, 7) is 8.64. The van der Waals surface area contributed by atoms with Gasteiger partial charge in [0.15, 0.2) is 0 Å². The van der Waals surface area contributed by atoms with Gasteiger partial charge in [-0.05, 0) is 40.5 Å². The van der Waals surface area contributed by atoms with Crippen molar-refractivity contribution in [2.24, 2.45) is 0 Å². The quantitative estimate of drug-likeness (QED) is 0.492. The van der Waals surface area contributed by atoms with Crippen LogP contribution in [-0.2, 0) is 16.1 Å². The summed E-state index contributed by atoms with van der Waals surface area (Å²) in [7, 11) is 0. The highest BCUT2D eigenvalue weighted by Crippen LogP contribution is 2.34. The van der Waals surface area contributed by atoms with Gasteiger partial charge < -0.3 is 10.6 Å². The van der Waals surface area contributed by atoms with Gasteiger partial charge in [0.05, 0.1) is 11.8 Å². The molecule has 1 aliphatic rings. The minimum Gasteiger partial charge on any atom is -0.336 e. The highest BCUT2D eigenvalue weighted by Gasteiger charge is 2.44. The molecule has 0 bridgehead atoms. The molecule has 1 aromatic rings. The number of nitriles is 1. The van der Waals surface area contributed by atoms with Crippen molar-refractivity contribution < 1.29 is 9.59 Å². The summed E-state index contributed by atoms with van der Waals surface area (Å²) in [5.74, 6) is -0.247. The van der Waals surface area contributed by atoms with E-state index in [9.17, 15) is 14.4 Å². The summed E-state index contributed by atoms with van der Waals surface area (Å²) in [5.41, 5.74) is 1.61. The monoisotopic (exact) mass is 423 g/mol. The van der Waals surface area contributed by atoms with Crippen molar-refractivity contribution in [3.63, 3.8) is 0 Å². The Morgan fingerprint density at radius 1 is 1.32 bits per heavy atom. The Balaban J connectivity index is 2.43. The molecule has 1 saturated carbocycles. The molecule has 1 aromatic heterocycles. The van der Waals surface area contributed by atoms with Crippen LogP contribution in [0.5, 0.6) is 0 Å². The number of aromatic nitrogens is 2. The van der Waals surface area contributed by atoms with E-state index in [1.165, 1.54) is 17.6 Å². The number of nitrogens with one attached hydrogen (secondary N) is 2. The van der Waals surface area contributed by atoms with E-state index in [0.717, 1.165) is 5.57 Å². The SMILES string of the molecule is C/C=C\C(=C(/CC=C(C)C)NC(C)=O)c1cc(=O)n(CC(=O)NC2(C#N)CC2)c(C)n1. The van der Waals surface area contributed by atoms with Crippen LogP contribution >= 0.6 is 0 Å². The van der Waals surface area contributed by atoms with Crippen LogP contribution in [0.3, 0.4) is 0 Å². The topological polar surface area (TPSA) is 117 Å². The number of nitrogens with zero attached hydrogens (tertiary/aromatic N) is 3. The molecule has 0 aromatic carbocycles. The molecule has 1 heterocycles. The third-order valence-electron chi connectivity index (χ3n) is 4.82. The van der Waals surface area contributed by atoms with Crippen molar-refractivity contribution in [2.45, 2.75) is 66.0 Å². The average Bonchev–Trinajstić information content (AvgIpc) is 3.45. The van der Waals surface area contributed by atoms with E-state index >= 15 is 0 Å². The molecular formula is C23H29N5O3. The van der Waals surface area contributed by atoms with Crippen LogP contribution in [0.2, 0.25) is 0 Å². The number of hydrogen-bond donors (Lipinski definition) is 2. The number of allylic oxidation sites excluding steroid dienone is 5. The van der Waals surface area contributed by atoms with E-state index in [1.54, 1.807) is 13.0 Å². The molecule has 31 heavy (non-hydrogen) atoms. The molecule has 1 aliphatic carbocycles. The van der Waals surface area contributed by atoms with Crippen LogP contribution in [0, 0.1) is 18.3 Å². The van der Waals surface area contributed by atoms with Gasteiger partial charge in [-0.3, -0.25) is 19.0 Å².